The fourth-order valence-electron chi connectivity index (χ4n) is 3.51. The van der Waals surface area contributed by atoms with E-state index in [4.69, 9.17) is 16.7 Å². The molecule has 2 aromatic carbocycles. The molecule has 0 aromatic heterocycles. The van der Waals surface area contributed by atoms with E-state index in [2.05, 4.69) is 5.32 Å². The van der Waals surface area contributed by atoms with Gasteiger partial charge in [0.15, 0.2) is 0 Å². The van der Waals surface area contributed by atoms with E-state index in [0.717, 1.165) is 12.0 Å². The maximum absolute atomic E-state index is 12.8. The second-order valence-corrected chi connectivity index (χ2v) is 9.44. The average molecular weight is 450 g/mol. The van der Waals surface area contributed by atoms with Crippen LogP contribution < -0.4 is 10.5 Å². The first-order valence-corrected chi connectivity index (χ1v) is 11.6. The molecule has 160 valence electrons. The second kappa shape index (κ2) is 9.16. The molecule has 30 heavy (non-hydrogen) atoms. The molecule has 9 heteroatoms. The van der Waals surface area contributed by atoms with Gasteiger partial charge >= 0.3 is 0 Å². The number of benzene rings is 2. The topological polar surface area (TPSA) is 110 Å². The first kappa shape index (κ1) is 22.3. The molecule has 1 aliphatic rings. The summed E-state index contributed by atoms with van der Waals surface area (Å²) >= 11 is 5.88. The smallest absolute Gasteiger partial charge is 0.253 e. The summed E-state index contributed by atoms with van der Waals surface area (Å²) in [6, 6.07) is 12.5. The maximum atomic E-state index is 12.8. The zero-order valence-electron chi connectivity index (χ0n) is 16.5. The summed E-state index contributed by atoms with van der Waals surface area (Å²) in [5.74, 6) is -0.552. The lowest BCUT2D eigenvalue weighted by molar-refractivity contribution is -0.127. The third-order valence-corrected chi connectivity index (χ3v) is 6.42. The number of amides is 2. The molecule has 1 saturated heterocycles. The Morgan fingerprint density at radius 1 is 1.13 bits per heavy atom. The quantitative estimate of drug-likeness (QED) is 0.731. The van der Waals surface area contributed by atoms with Gasteiger partial charge in [0.25, 0.3) is 5.91 Å². The third-order valence-electron chi connectivity index (χ3n) is 5.24. The molecule has 3 N–H and O–H groups in total. The Hall–Kier alpha value is -2.42. The monoisotopic (exact) mass is 449 g/mol. The summed E-state index contributed by atoms with van der Waals surface area (Å²) in [7, 11) is -3.76. The highest BCUT2D eigenvalue weighted by Gasteiger charge is 2.29. The molecule has 1 aliphatic heterocycles. The Bertz CT molecular complexity index is 1020. The molecule has 0 bridgehead atoms. The number of sulfonamides is 1. The number of piperidine rings is 1. The van der Waals surface area contributed by atoms with Crippen LogP contribution >= 0.6 is 11.6 Å². The predicted molar refractivity (Wildman–Crippen MR) is 114 cm³/mol. The van der Waals surface area contributed by atoms with E-state index in [9.17, 15) is 18.0 Å². The predicted octanol–water partition coefficient (Wildman–Crippen LogP) is 2.72. The van der Waals surface area contributed by atoms with Crippen LogP contribution in [0, 0.1) is 5.92 Å². The summed E-state index contributed by atoms with van der Waals surface area (Å²) < 4.78 is 22.7. The molecule has 0 unspecified atom stereocenters. The minimum atomic E-state index is -3.76. The van der Waals surface area contributed by atoms with Gasteiger partial charge in [0.2, 0.25) is 15.9 Å². The Kier molecular flexibility index (Phi) is 6.80. The Morgan fingerprint density at radius 2 is 1.77 bits per heavy atom. The SMILES string of the molecule is C[C@@H](NC(=O)[C@@H]1CCCN(C(=O)c2ccc(Cl)cc2)C1)c1ccc(S(N)(=O)=O)cc1. The van der Waals surface area contributed by atoms with E-state index in [1.807, 2.05) is 6.92 Å². The van der Waals surface area contributed by atoms with Gasteiger partial charge in [-0.2, -0.15) is 0 Å². The van der Waals surface area contributed by atoms with Crippen molar-refractivity contribution in [1.82, 2.24) is 10.2 Å². The van der Waals surface area contributed by atoms with Crippen LogP contribution in [0.15, 0.2) is 53.4 Å². The lowest BCUT2D eigenvalue weighted by Crippen LogP contribution is -2.45. The Labute approximate surface area is 181 Å². The summed E-state index contributed by atoms with van der Waals surface area (Å²) in [6.07, 6.45) is 1.45. The Morgan fingerprint density at radius 3 is 2.37 bits per heavy atom. The van der Waals surface area contributed by atoms with Gasteiger partial charge in [-0.3, -0.25) is 9.59 Å². The van der Waals surface area contributed by atoms with E-state index < -0.39 is 10.0 Å². The van der Waals surface area contributed by atoms with E-state index in [0.29, 0.717) is 30.1 Å². The molecule has 0 spiro atoms. The van der Waals surface area contributed by atoms with Crippen LogP contribution in [0.1, 0.15) is 41.7 Å². The summed E-state index contributed by atoms with van der Waals surface area (Å²) in [5, 5.41) is 8.63. The van der Waals surface area contributed by atoms with Crippen LogP contribution in [-0.4, -0.2) is 38.2 Å². The number of nitrogens with one attached hydrogen (secondary N) is 1. The second-order valence-electron chi connectivity index (χ2n) is 7.44. The highest BCUT2D eigenvalue weighted by atomic mass is 35.5. The van der Waals surface area contributed by atoms with Crippen LogP contribution in [0.5, 0.6) is 0 Å². The van der Waals surface area contributed by atoms with Crippen molar-refractivity contribution in [2.75, 3.05) is 13.1 Å². The summed E-state index contributed by atoms with van der Waals surface area (Å²) in [6.45, 7) is 2.78. The normalized spacial score (nSPS) is 18.0. The van der Waals surface area contributed by atoms with E-state index >= 15 is 0 Å². The van der Waals surface area contributed by atoms with Gasteiger partial charge in [0, 0.05) is 23.7 Å². The van der Waals surface area contributed by atoms with E-state index in [1.165, 1.54) is 12.1 Å². The number of nitrogens with zero attached hydrogens (tertiary/aromatic N) is 1. The van der Waals surface area contributed by atoms with Gasteiger partial charge in [-0.25, -0.2) is 13.6 Å². The lowest BCUT2D eigenvalue weighted by Gasteiger charge is -2.32. The number of halogens is 1. The van der Waals surface area contributed by atoms with Crippen LogP contribution in [-0.2, 0) is 14.8 Å². The van der Waals surface area contributed by atoms with Crippen LogP contribution in [0.25, 0.3) is 0 Å². The number of carbonyl (C=O) groups excluding carboxylic acids is 2. The number of nitrogens with two attached hydrogens (primary N) is 1. The maximum Gasteiger partial charge on any atom is 0.253 e. The van der Waals surface area contributed by atoms with Crippen LogP contribution in [0.2, 0.25) is 5.02 Å². The zero-order valence-corrected chi connectivity index (χ0v) is 18.1. The molecule has 0 saturated carbocycles. The largest absolute Gasteiger partial charge is 0.349 e. The third kappa shape index (κ3) is 5.38. The molecule has 2 atom stereocenters. The number of carbonyl (C=O) groups is 2. The Balaban J connectivity index is 1.62. The van der Waals surface area contributed by atoms with Crippen molar-refractivity contribution in [3.8, 4) is 0 Å². The molecule has 0 radical (unpaired) electrons. The van der Waals surface area contributed by atoms with Gasteiger partial charge in [-0.1, -0.05) is 23.7 Å². The van der Waals surface area contributed by atoms with Gasteiger partial charge in [0.1, 0.15) is 0 Å². The first-order chi connectivity index (χ1) is 14.1. The fraction of sp³-hybridized carbons (Fsp3) is 0.333. The van der Waals surface area contributed by atoms with Gasteiger partial charge in [-0.15, -0.1) is 0 Å². The van der Waals surface area contributed by atoms with Crippen molar-refractivity contribution in [2.45, 2.75) is 30.7 Å². The molecular weight excluding hydrogens is 426 g/mol. The minimum Gasteiger partial charge on any atom is -0.349 e. The first-order valence-electron chi connectivity index (χ1n) is 9.63. The summed E-state index contributed by atoms with van der Waals surface area (Å²) in [4.78, 5) is 27.2. The summed E-state index contributed by atoms with van der Waals surface area (Å²) in [5.41, 5.74) is 1.31. The molecule has 2 amide bonds. The van der Waals surface area contributed by atoms with Crippen molar-refractivity contribution < 1.29 is 18.0 Å². The molecule has 3 rings (SSSR count). The molecule has 1 heterocycles. The number of hydrogen-bond donors (Lipinski definition) is 2. The van der Waals surface area contributed by atoms with Crippen molar-refractivity contribution in [3.05, 3.63) is 64.7 Å². The van der Waals surface area contributed by atoms with Crippen molar-refractivity contribution in [2.24, 2.45) is 11.1 Å². The highest BCUT2D eigenvalue weighted by Crippen LogP contribution is 2.22. The van der Waals surface area contributed by atoms with Crippen molar-refractivity contribution in [3.63, 3.8) is 0 Å². The molecule has 1 fully saturated rings. The number of hydrogen-bond acceptors (Lipinski definition) is 4. The van der Waals surface area contributed by atoms with Crippen molar-refractivity contribution in [1.29, 1.82) is 0 Å². The van der Waals surface area contributed by atoms with Crippen molar-refractivity contribution >= 4 is 33.4 Å². The molecular formula is C21H24ClN3O4S. The molecule has 0 aliphatic carbocycles. The molecule has 2 aromatic rings. The van der Waals surface area contributed by atoms with Crippen LogP contribution in [0.4, 0.5) is 0 Å². The average Bonchev–Trinajstić information content (AvgIpc) is 2.73. The standard InChI is InChI=1S/C21H24ClN3O4S/c1-14(15-6-10-19(11-7-15)30(23,28)29)24-20(26)17-3-2-12-25(13-17)21(27)16-4-8-18(22)9-5-16/h4-11,14,17H,2-3,12-13H2,1H3,(H,24,26)(H2,23,28,29)/t14-,17-/m1/s1. The van der Waals surface area contributed by atoms with Crippen LogP contribution in [0.3, 0.4) is 0 Å². The van der Waals surface area contributed by atoms with E-state index in [-0.39, 0.29) is 28.7 Å². The highest BCUT2D eigenvalue weighted by molar-refractivity contribution is 7.89. The number of likely N-dealkylation sites (tertiary alicyclic amines) is 1. The number of rotatable bonds is 5. The minimum absolute atomic E-state index is 0.0217. The van der Waals surface area contributed by atoms with Gasteiger partial charge in [-0.05, 0) is 61.7 Å². The van der Waals surface area contributed by atoms with Gasteiger partial charge < -0.3 is 10.2 Å². The zero-order chi connectivity index (χ0) is 21.9. The fourth-order valence-corrected chi connectivity index (χ4v) is 4.15. The number of primary sulfonamides is 1. The van der Waals surface area contributed by atoms with E-state index in [1.54, 1.807) is 41.3 Å². The molecule has 7 nitrogen and oxygen atoms in total. The van der Waals surface area contributed by atoms with Gasteiger partial charge in [0.05, 0.1) is 16.9 Å². The lowest BCUT2D eigenvalue weighted by atomic mass is 9.95.